The number of fused-ring (bicyclic) bond motifs is 1. The van der Waals surface area contributed by atoms with Crippen molar-refractivity contribution in [3.05, 3.63) is 69.1 Å². The maximum absolute atomic E-state index is 13.6. The lowest BCUT2D eigenvalue weighted by Gasteiger charge is -2.18. The van der Waals surface area contributed by atoms with Crippen LogP contribution in [0.4, 0.5) is 5.88 Å². The van der Waals surface area contributed by atoms with Crippen molar-refractivity contribution in [2.45, 2.75) is 31.2 Å². The van der Waals surface area contributed by atoms with Crippen LogP contribution >= 0.6 is 23.4 Å². The summed E-state index contributed by atoms with van der Waals surface area (Å²) < 4.78 is 12.0. The molecule has 0 fully saturated rings. The van der Waals surface area contributed by atoms with E-state index in [1.165, 1.54) is 11.7 Å². The molecule has 8 nitrogen and oxygen atoms in total. The summed E-state index contributed by atoms with van der Waals surface area (Å²) in [6, 6.07) is 12.1. The standard InChI is InChI=1S/C23H21ClN4O4S/c1-12-9-18(19(31-4)11-16(12)24)28-22(30)15-7-5-6-8-17(15)25-23(28)33-14(3)21(29)26-20-10-13(2)27-32-20/h5-11,14H,1-4H3,(H,26,29). The second kappa shape index (κ2) is 9.29. The van der Waals surface area contributed by atoms with Gasteiger partial charge in [0.1, 0.15) is 5.75 Å². The third-order valence-corrected chi connectivity index (χ3v) is 6.43. The number of ether oxygens (including phenoxy) is 1. The second-order valence-corrected chi connectivity index (χ2v) is 9.12. The highest BCUT2D eigenvalue weighted by molar-refractivity contribution is 8.00. The third-order valence-electron chi connectivity index (χ3n) is 4.97. The van der Waals surface area contributed by atoms with Gasteiger partial charge in [-0.15, -0.1) is 0 Å². The summed E-state index contributed by atoms with van der Waals surface area (Å²) in [5, 5.41) is 7.16. The topological polar surface area (TPSA) is 99.2 Å². The largest absolute Gasteiger partial charge is 0.495 e. The minimum absolute atomic E-state index is 0.254. The minimum Gasteiger partial charge on any atom is -0.495 e. The van der Waals surface area contributed by atoms with Gasteiger partial charge in [0, 0.05) is 17.2 Å². The molecule has 0 saturated heterocycles. The summed E-state index contributed by atoms with van der Waals surface area (Å²) in [7, 11) is 1.51. The molecule has 0 aliphatic carbocycles. The summed E-state index contributed by atoms with van der Waals surface area (Å²) in [5.41, 5.74) is 2.17. The summed E-state index contributed by atoms with van der Waals surface area (Å²) in [6.07, 6.45) is 0. The molecule has 1 N–H and O–H groups in total. The molecule has 0 bridgehead atoms. The number of thioether (sulfide) groups is 1. The van der Waals surface area contributed by atoms with E-state index in [1.807, 2.05) is 13.0 Å². The van der Waals surface area contributed by atoms with Crippen LogP contribution < -0.4 is 15.6 Å². The van der Waals surface area contributed by atoms with Gasteiger partial charge in [-0.2, -0.15) is 0 Å². The quantitative estimate of drug-likeness (QED) is 0.311. The molecule has 1 amide bonds. The van der Waals surface area contributed by atoms with Gasteiger partial charge in [0.15, 0.2) is 5.16 Å². The predicted octanol–water partition coefficient (Wildman–Crippen LogP) is 4.77. The number of halogens is 1. The van der Waals surface area contributed by atoms with E-state index in [0.29, 0.717) is 38.2 Å². The van der Waals surface area contributed by atoms with Crippen LogP contribution in [-0.2, 0) is 4.79 Å². The van der Waals surface area contributed by atoms with Crippen molar-refractivity contribution in [3.63, 3.8) is 0 Å². The first-order chi connectivity index (χ1) is 15.8. The highest BCUT2D eigenvalue weighted by atomic mass is 35.5. The fraction of sp³-hybridized carbons (Fsp3) is 0.217. The number of carbonyl (C=O) groups excluding carboxylic acids is 1. The van der Waals surface area contributed by atoms with Crippen LogP contribution in [0.1, 0.15) is 18.2 Å². The van der Waals surface area contributed by atoms with Crippen molar-refractivity contribution in [2.24, 2.45) is 0 Å². The van der Waals surface area contributed by atoms with Gasteiger partial charge in [-0.1, -0.05) is 40.7 Å². The molecule has 0 spiro atoms. The molecule has 170 valence electrons. The number of nitrogens with one attached hydrogen (secondary N) is 1. The van der Waals surface area contributed by atoms with Gasteiger partial charge < -0.3 is 9.26 Å². The molecule has 4 rings (SSSR count). The average Bonchev–Trinajstić information content (AvgIpc) is 3.20. The number of amides is 1. The third kappa shape index (κ3) is 4.60. The monoisotopic (exact) mass is 484 g/mol. The van der Waals surface area contributed by atoms with Crippen LogP contribution in [-0.4, -0.2) is 33.0 Å². The molecule has 33 heavy (non-hydrogen) atoms. The molecule has 2 aromatic heterocycles. The Bertz CT molecular complexity index is 1420. The summed E-state index contributed by atoms with van der Waals surface area (Å²) in [6.45, 7) is 5.32. The fourth-order valence-corrected chi connectivity index (χ4v) is 4.32. The van der Waals surface area contributed by atoms with E-state index in [-0.39, 0.29) is 17.4 Å². The lowest BCUT2D eigenvalue weighted by Crippen LogP contribution is -2.26. The van der Waals surface area contributed by atoms with E-state index in [1.54, 1.807) is 50.2 Å². The molecule has 0 aliphatic heterocycles. The van der Waals surface area contributed by atoms with Crippen molar-refractivity contribution >= 4 is 46.1 Å². The highest BCUT2D eigenvalue weighted by Gasteiger charge is 2.23. The van der Waals surface area contributed by atoms with Crippen molar-refractivity contribution < 1.29 is 14.1 Å². The normalized spacial score (nSPS) is 12.0. The van der Waals surface area contributed by atoms with E-state index in [0.717, 1.165) is 17.3 Å². The average molecular weight is 485 g/mol. The molecular weight excluding hydrogens is 464 g/mol. The number of aromatic nitrogens is 3. The number of para-hydroxylation sites is 1. The Morgan fingerprint density at radius 2 is 2.00 bits per heavy atom. The van der Waals surface area contributed by atoms with Crippen LogP contribution in [0, 0.1) is 13.8 Å². The van der Waals surface area contributed by atoms with Gasteiger partial charge in [-0.3, -0.25) is 19.5 Å². The van der Waals surface area contributed by atoms with E-state index in [9.17, 15) is 9.59 Å². The van der Waals surface area contributed by atoms with Gasteiger partial charge >= 0.3 is 0 Å². The Hall–Kier alpha value is -3.30. The lowest BCUT2D eigenvalue weighted by molar-refractivity contribution is -0.115. The van der Waals surface area contributed by atoms with Gasteiger partial charge in [0.05, 0.1) is 34.6 Å². The molecular formula is C23H21ClN4O4S. The van der Waals surface area contributed by atoms with E-state index < -0.39 is 5.25 Å². The molecule has 0 aliphatic rings. The van der Waals surface area contributed by atoms with Gasteiger partial charge in [-0.25, -0.2) is 4.98 Å². The maximum Gasteiger partial charge on any atom is 0.266 e. The first kappa shape index (κ1) is 22.9. The number of nitrogens with zero attached hydrogens (tertiary/aromatic N) is 3. The molecule has 2 aromatic carbocycles. The van der Waals surface area contributed by atoms with Crippen LogP contribution in [0.25, 0.3) is 16.6 Å². The molecule has 2 heterocycles. The molecule has 1 unspecified atom stereocenters. The molecule has 4 aromatic rings. The SMILES string of the molecule is COc1cc(Cl)c(C)cc1-n1c(SC(C)C(=O)Nc2cc(C)no2)nc2ccccc2c1=O. The zero-order valence-corrected chi connectivity index (χ0v) is 20.0. The maximum atomic E-state index is 13.6. The Morgan fingerprint density at radius 3 is 2.70 bits per heavy atom. The first-order valence-corrected chi connectivity index (χ1v) is 11.3. The fourth-order valence-electron chi connectivity index (χ4n) is 3.25. The molecule has 0 saturated carbocycles. The molecule has 0 radical (unpaired) electrons. The Morgan fingerprint density at radius 1 is 1.24 bits per heavy atom. The number of hydrogen-bond donors (Lipinski definition) is 1. The number of carbonyl (C=O) groups is 1. The number of rotatable bonds is 6. The van der Waals surface area contributed by atoms with Crippen LogP contribution in [0.15, 0.2) is 56.9 Å². The Balaban J connectivity index is 1.82. The van der Waals surface area contributed by atoms with Gasteiger partial charge in [0.2, 0.25) is 11.8 Å². The molecule has 1 atom stereocenters. The van der Waals surface area contributed by atoms with Crippen molar-refractivity contribution in [2.75, 3.05) is 12.4 Å². The minimum atomic E-state index is -0.603. The van der Waals surface area contributed by atoms with E-state index in [4.69, 9.17) is 25.8 Å². The smallest absolute Gasteiger partial charge is 0.266 e. The van der Waals surface area contributed by atoms with Crippen molar-refractivity contribution in [1.29, 1.82) is 0 Å². The zero-order valence-electron chi connectivity index (χ0n) is 18.4. The van der Waals surface area contributed by atoms with E-state index >= 15 is 0 Å². The predicted molar refractivity (Wildman–Crippen MR) is 129 cm³/mol. The first-order valence-electron chi connectivity index (χ1n) is 10.1. The number of aryl methyl sites for hydroxylation is 2. The highest BCUT2D eigenvalue weighted by Crippen LogP contribution is 2.33. The second-order valence-electron chi connectivity index (χ2n) is 7.41. The van der Waals surface area contributed by atoms with Crippen molar-refractivity contribution in [1.82, 2.24) is 14.7 Å². The van der Waals surface area contributed by atoms with Crippen LogP contribution in [0.3, 0.4) is 0 Å². The van der Waals surface area contributed by atoms with Gasteiger partial charge in [-0.05, 0) is 44.5 Å². The summed E-state index contributed by atoms with van der Waals surface area (Å²) >= 11 is 7.42. The Labute approximate surface area is 198 Å². The number of anilines is 1. The van der Waals surface area contributed by atoms with E-state index in [2.05, 4.69) is 10.5 Å². The molecule has 10 heteroatoms. The number of hydrogen-bond acceptors (Lipinski definition) is 7. The van der Waals surface area contributed by atoms with Gasteiger partial charge in [0.25, 0.3) is 5.56 Å². The Kier molecular flexibility index (Phi) is 6.44. The zero-order chi connectivity index (χ0) is 23.7. The van der Waals surface area contributed by atoms with Crippen molar-refractivity contribution in [3.8, 4) is 11.4 Å². The number of benzene rings is 2. The number of methoxy groups -OCH3 is 1. The van der Waals surface area contributed by atoms with Crippen LogP contribution in [0.2, 0.25) is 5.02 Å². The summed E-state index contributed by atoms with van der Waals surface area (Å²) in [5.74, 6) is 0.356. The van der Waals surface area contributed by atoms with Crippen LogP contribution in [0.5, 0.6) is 5.75 Å². The summed E-state index contributed by atoms with van der Waals surface area (Å²) in [4.78, 5) is 31.0. The lowest BCUT2D eigenvalue weighted by atomic mass is 10.2.